The molecule has 1 aromatic heterocycles. The van der Waals surface area contributed by atoms with Crippen LogP contribution in [0.5, 0.6) is 0 Å². The first-order valence-electron chi connectivity index (χ1n) is 7.50. The van der Waals surface area contributed by atoms with E-state index in [1.807, 2.05) is 4.90 Å². The van der Waals surface area contributed by atoms with E-state index in [9.17, 15) is 9.59 Å². The number of aromatic amines is 1. The minimum absolute atomic E-state index is 0.0255. The number of amides is 2. The number of nitrogens with one attached hydrogen (secondary N) is 2. The molecule has 22 heavy (non-hydrogen) atoms. The number of aromatic nitrogens is 3. The van der Waals surface area contributed by atoms with E-state index in [4.69, 9.17) is 0 Å². The highest BCUT2D eigenvalue weighted by molar-refractivity contribution is 5.98. The largest absolute Gasteiger partial charge is 0.343 e. The minimum Gasteiger partial charge on any atom is -0.343 e. The third kappa shape index (κ3) is 3.08. The summed E-state index contributed by atoms with van der Waals surface area (Å²) < 4.78 is 0. The lowest BCUT2D eigenvalue weighted by Gasteiger charge is -2.31. The zero-order valence-corrected chi connectivity index (χ0v) is 12.5. The van der Waals surface area contributed by atoms with Gasteiger partial charge in [0.2, 0.25) is 5.91 Å². The molecule has 2 heterocycles. The second-order valence-corrected chi connectivity index (χ2v) is 5.80. The molecule has 1 aliphatic rings. The Balaban J connectivity index is 1.58. The van der Waals surface area contributed by atoms with Crippen LogP contribution in [0.3, 0.4) is 0 Å². The van der Waals surface area contributed by atoms with Crippen LogP contribution in [0.4, 0.5) is 0 Å². The molecule has 2 aromatic rings. The van der Waals surface area contributed by atoms with Crippen molar-refractivity contribution < 1.29 is 9.59 Å². The number of H-pyrrole nitrogens is 1. The molecule has 0 aliphatic carbocycles. The highest BCUT2D eigenvalue weighted by Gasteiger charge is 2.21. The van der Waals surface area contributed by atoms with Crippen molar-refractivity contribution in [3.05, 3.63) is 23.8 Å². The highest BCUT2D eigenvalue weighted by Crippen LogP contribution is 2.15. The van der Waals surface area contributed by atoms with Crippen molar-refractivity contribution in [2.45, 2.75) is 19.8 Å². The maximum atomic E-state index is 12.1. The number of hydrogen-bond donors (Lipinski definition) is 2. The number of piperidine rings is 1. The van der Waals surface area contributed by atoms with Crippen molar-refractivity contribution in [2.75, 3.05) is 19.6 Å². The van der Waals surface area contributed by atoms with Gasteiger partial charge in [-0.3, -0.25) is 9.59 Å². The zero-order chi connectivity index (χ0) is 15.5. The third-order valence-electron chi connectivity index (χ3n) is 3.99. The number of benzene rings is 1. The summed E-state index contributed by atoms with van der Waals surface area (Å²) in [5.74, 6) is 0.230. The van der Waals surface area contributed by atoms with Gasteiger partial charge in [-0.15, -0.1) is 0 Å². The van der Waals surface area contributed by atoms with Gasteiger partial charge in [-0.25, -0.2) is 0 Å². The van der Waals surface area contributed by atoms with E-state index in [1.165, 1.54) is 0 Å². The summed E-state index contributed by atoms with van der Waals surface area (Å²) in [6, 6.07) is 5.05. The molecule has 0 saturated carbocycles. The molecule has 0 spiro atoms. The van der Waals surface area contributed by atoms with Gasteiger partial charge in [0.25, 0.3) is 5.91 Å². The van der Waals surface area contributed by atoms with Gasteiger partial charge in [0.05, 0.1) is 6.54 Å². The molecule has 7 nitrogen and oxygen atoms in total. The molecule has 1 saturated heterocycles. The second-order valence-electron chi connectivity index (χ2n) is 5.80. The molecule has 1 fully saturated rings. The van der Waals surface area contributed by atoms with Crippen LogP contribution in [0.2, 0.25) is 0 Å². The third-order valence-corrected chi connectivity index (χ3v) is 3.99. The maximum Gasteiger partial charge on any atom is 0.251 e. The Hall–Kier alpha value is -2.44. The monoisotopic (exact) mass is 301 g/mol. The Labute approximate surface area is 128 Å². The fourth-order valence-corrected chi connectivity index (χ4v) is 2.77. The van der Waals surface area contributed by atoms with Gasteiger partial charge < -0.3 is 10.2 Å². The van der Waals surface area contributed by atoms with Crippen LogP contribution in [0.15, 0.2) is 18.2 Å². The molecule has 2 N–H and O–H groups in total. The number of carbonyl (C=O) groups excluding carboxylic acids is 2. The Morgan fingerprint density at radius 2 is 2.18 bits per heavy atom. The Bertz CT molecular complexity index is 696. The smallest absolute Gasteiger partial charge is 0.251 e. The van der Waals surface area contributed by atoms with Crippen molar-refractivity contribution in [1.29, 1.82) is 0 Å². The topological polar surface area (TPSA) is 91.0 Å². The van der Waals surface area contributed by atoms with Crippen LogP contribution in [0.1, 0.15) is 30.1 Å². The Kier molecular flexibility index (Phi) is 4.04. The van der Waals surface area contributed by atoms with Crippen LogP contribution in [0.25, 0.3) is 11.0 Å². The SMILES string of the molecule is C[C@@H]1CCCN(C(=O)CNC(=O)c2ccc3n[nH]nc3c2)C1. The number of carbonyl (C=O) groups is 2. The van der Waals surface area contributed by atoms with E-state index >= 15 is 0 Å². The summed E-state index contributed by atoms with van der Waals surface area (Å²) in [6.45, 7) is 3.73. The number of nitrogens with zero attached hydrogens (tertiary/aromatic N) is 3. The molecular weight excluding hydrogens is 282 g/mol. The molecule has 0 unspecified atom stereocenters. The van der Waals surface area contributed by atoms with Gasteiger partial charge in [-0.2, -0.15) is 15.4 Å². The maximum absolute atomic E-state index is 12.1. The van der Waals surface area contributed by atoms with E-state index < -0.39 is 0 Å². The van der Waals surface area contributed by atoms with Crippen molar-refractivity contribution in [1.82, 2.24) is 25.6 Å². The van der Waals surface area contributed by atoms with Crippen LogP contribution < -0.4 is 5.32 Å². The van der Waals surface area contributed by atoms with Crippen LogP contribution in [-0.4, -0.2) is 51.8 Å². The Morgan fingerprint density at radius 1 is 1.36 bits per heavy atom. The Morgan fingerprint density at radius 3 is 3.00 bits per heavy atom. The number of fused-ring (bicyclic) bond motifs is 1. The standard InChI is InChI=1S/C15H19N5O2/c1-10-3-2-6-20(9-10)14(21)8-16-15(22)11-4-5-12-13(7-11)18-19-17-12/h4-5,7,10H,2-3,6,8-9H2,1H3,(H,16,22)(H,17,18,19)/t10-/m1/s1. The van der Waals surface area contributed by atoms with E-state index in [1.54, 1.807) is 18.2 Å². The molecule has 3 rings (SSSR count). The first-order chi connectivity index (χ1) is 10.6. The lowest BCUT2D eigenvalue weighted by atomic mass is 10.0. The van der Waals surface area contributed by atoms with Crippen molar-refractivity contribution in [2.24, 2.45) is 5.92 Å². The summed E-state index contributed by atoms with van der Waals surface area (Å²) in [6.07, 6.45) is 2.19. The molecular formula is C15H19N5O2. The zero-order valence-electron chi connectivity index (χ0n) is 12.5. The number of likely N-dealkylation sites (tertiary alicyclic amines) is 1. The van der Waals surface area contributed by atoms with Gasteiger partial charge in [-0.05, 0) is 37.0 Å². The lowest BCUT2D eigenvalue weighted by molar-refractivity contribution is -0.131. The normalized spacial score (nSPS) is 18.4. The second kappa shape index (κ2) is 6.13. The molecule has 1 aromatic carbocycles. The average molecular weight is 301 g/mol. The minimum atomic E-state index is -0.275. The quantitative estimate of drug-likeness (QED) is 0.883. The molecule has 1 atom stereocenters. The first kappa shape index (κ1) is 14.5. The van der Waals surface area contributed by atoms with Crippen molar-refractivity contribution >= 4 is 22.8 Å². The molecule has 116 valence electrons. The van der Waals surface area contributed by atoms with Gasteiger partial charge in [0.1, 0.15) is 11.0 Å². The van der Waals surface area contributed by atoms with Crippen LogP contribution in [-0.2, 0) is 4.79 Å². The predicted octanol–water partition coefficient (Wildman–Crippen LogP) is 0.946. The van der Waals surface area contributed by atoms with Gasteiger partial charge in [-0.1, -0.05) is 6.92 Å². The summed E-state index contributed by atoms with van der Waals surface area (Å²) in [5.41, 5.74) is 1.81. The van der Waals surface area contributed by atoms with E-state index in [-0.39, 0.29) is 18.4 Å². The highest BCUT2D eigenvalue weighted by atomic mass is 16.2. The fraction of sp³-hybridized carbons (Fsp3) is 0.467. The molecule has 0 radical (unpaired) electrons. The van der Waals surface area contributed by atoms with E-state index in [0.29, 0.717) is 22.5 Å². The van der Waals surface area contributed by atoms with Gasteiger partial charge >= 0.3 is 0 Å². The summed E-state index contributed by atoms with van der Waals surface area (Å²) in [7, 11) is 0. The first-order valence-corrected chi connectivity index (χ1v) is 7.50. The summed E-state index contributed by atoms with van der Waals surface area (Å²) in [4.78, 5) is 26.1. The fourth-order valence-electron chi connectivity index (χ4n) is 2.77. The van der Waals surface area contributed by atoms with Crippen LogP contribution >= 0.6 is 0 Å². The molecule has 2 amide bonds. The molecule has 7 heteroatoms. The number of rotatable bonds is 3. The van der Waals surface area contributed by atoms with Crippen molar-refractivity contribution in [3.8, 4) is 0 Å². The van der Waals surface area contributed by atoms with E-state index in [0.717, 1.165) is 25.9 Å². The van der Waals surface area contributed by atoms with Gasteiger partial charge in [0, 0.05) is 18.7 Å². The van der Waals surface area contributed by atoms with Crippen molar-refractivity contribution in [3.63, 3.8) is 0 Å². The number of hydrogen-bond acceptors (Lipinski definition) is 4. The van der Waals surface area contributed by atoms with Gasteiger partial charge in [0.15, 0.2) is 0 Å². The average Bonchev–Trinajstić information content (AvgIpc) is 2.99. The summed E-state index contributed by atoms with van der Waals surface area (Å²) >= 11 is 0. The summed E-state index contributed by atoms with van der Waals surface area (Å²) in [5, 5.41) is 13.1. The van der Waals surface area contributed by atoms with Crippen LogP contribution in [0, 0.1) is 5.92 Å². The van der Waals surface area contributed by atoms with E-state index in [2.05, 4.69) is 27.7 Å². The predicted molar refractivity (Wildman–Crippen MR) is 81.2 cm³/mol. The lowest BCUT2D eigenvalue weighted by Crippen LogP contribution is -2.44. The molecule has 1 aliphatic heterocycles. The molecule has 0 bridgehead atoms.